The highest BCUT2D eigenvalue weighted by molar-refractivity contribution is 5.90. The van der Waals surface area contributed by atoms with Crippen LogP contribution in [0.1, 0.15) is 59.4 Å². The first-order chi connectivity index (χ1) is 12.2. The molecule has 7 heteroatoms. The van der Waals surface area contributed by atoms with Gasteiger partial charge in [0.05, 0.1) is 30.6 Å². The molecule has 25 heavy (non-hydrogen) atoms. The first kappa shape index (κ1) is 15.8. The van der Waals surface area contributed by atoms with E-state index in [0.717, 1.165) is 37.1 Å². The number of nitrogens with zero attached hydrogens (tertiary/aromatic N) is 3. The van der Waals surface area contributed by atoms with E-state index in [1.807, 2.05) is 0 Å². The van der Waals surface area contributed by atoms with Crippen LogP contribution in [0.15, 0.2) is 29.3 Å². The van der Waals surface area contributed by atoms with Gasteiger partial charge in [0.1, 0.15) is 0 Å². The maximum absolute atomic E-state index is 12.4. The number of nitrogens with one attached hydrogen (secondary N) is 1. The minimum Gasteiger partial charge on any atom is -0.465 e. The molecule has 0 bridgehead atoms. The maximum Gasteiger partial charge on any atom is 0.339 e. The summed E-state index contributed by atoms with van der Waals surface area (Å²) in [6, 6.07) is 3.85. The van der Waals surface area contributed by atoms with E-state index in [0.29, 0.717) is 29.9 Å². The minimum atomic E-state index is -0.356. The van der Waals surface area contributed by atoms with Crippen LogP contribution in [0, 0.1) is 0 Å². The van der Waals surface area contributed by atoms with Gasteiger partial charge in [0, 0.05) is 24.4 Å². The van der Waals surface area contributed by atoms with Crippen LogP contribution in [-0.2, 0) is 11.3 Å². The molecule has 2 aliphatic carbocycles. The lowest BCUT2D eigenvalue weighted by Gasteiger charge is -2.11. The highest BCUT2D eigenvalue weighted by Gasteiger charge is 2.30. The highest BCUT2D eigenvalue weighted by Crippen LogP contribution is 2.40. The first-order valence-electron chi connectivity index (χ1n) is 8.56. The molecule has 130 valence electrons. The fraction of sp³-hybridized carbons (Fsp3) is 0.444. The van der Waals surface area contributed by atoms with Crippen molar-refractivity contribution in [2.45, 2.75) is 44.2 Å². The van der Waals surface area contributed by atoms with E-state index < -0.39 is 0 Å². The zero-order chi connectivity index (χ0) is 17.4. The number of aromatic nitrogens is 3. The second-order valence-electron chi connectivity index (χ2n) is 6.57. The Labute approximate surface area is 145 Å². The van der Waals surface area contributed by atoms with Crippen LogP contribution in [0.25, 0.3) is 0 Å². The van der Waals surface area contributed by atoms with Crippen molar-refractivity contribution >= 4 is 11.8 Å². The lowest BCUT2D eigenvalue weighted by Crippen LogP contribution is -2.23. The summed E-state index contributed by atoms with van der Waals surface area (Å²) in [6.07, 6.45) is 7.56. The topological polar surface area (TPSA) is 86.1 Å². The third-order valence-electron chi connectivity index (χ3n) is 4.60. The predicted octanol–water partition coefficient (Wildman–Crippen LogP) is 2.25. The lowest BCUT2D eigenvalue weighted by atomic mass is 10.1. The summed E-state index contributed by atoms with van der Waals surface area (Å²) in [6.45, 7) is 0.387. The third kappa shape index (κ3) is 3.26. The number of rotatable bonds is 6. The molecule has 0 atom stereocenters. The van der Waals surface area contributed by atoms with Gasteiger partial charge in [-0.15, -0.1) is 0 Å². The van der Waals surface area contributed by atoms with Gasteiger partial charge in [-0.3, -0.25) is 9.78 Å². The van der Waals surface area contributed by atoms with E-state index in [-0.39, 0.29) is 11.5 Å². The molecular weight excluding hydrogens is 320 g/mol. The predicted molar refractivity (Wildman–Crippen MR) is 91.6 cm³/mol. The molecule has 0 unspecified atom stereocenters. The molecule has 4 rings (SSSR count). The number of ether oxygens (including phenoxy) is 1. The van der Waals surface area contributed by atoms with Gasteiger partial charge in [-0.2, -0.15) is 0 Å². The Morgan fingerprint density at radius 1 is 1.32 bits per heavy atom. The Morgan fingerprint density at radius 2 is 2.12 bits per heavy atom. The fourth-order valence-corrected chi connectivity index (χ4v) is 2.93. The quantitative estimate of drug-likeness (QED) is 0.812. The van der Waals surface area contributed by atoms with Gasteiger partial charge in [0.2, 0.25) is 0 Å². The molecule has 0 aliphatic heterocycles. The van der Waals surface area contributed by atoms with Crippen molar-refractivity contribution in [3.8, 4) is 0 Å². The number of hydrogen-bond acceptors (Lipinski definition) is 6. The summed E-state index contributed by atoms with van der Waals surface area (Å²) < 4.78 is 6.57. The molecule has 2 fully saturated rings. The van der Waals surface area contributed by atoms with Crippen LogP contribution < -0.4 is 10.9 Å². The standard InChI is InChI=1S/C18H20N4O3/c1-25-18(24)14-7-4-12(21-15(14)11-2-3-11)10-20-16-17(23)22(9-8-19-16)13-5-6-13/h4,7-9,11,13H,2-3,5-6,10H2,1H3,(H,19,20). The molecule has 2 aromatic heterocycles. The molecule has 2 saturated carbocycles. The first-order valence-corrected chi connectivity index (χ1v) is 8.56. The maximum atomic E-state index is 12.4. The normalized spacial score (nSPS) is 16.5. The molecule has 0 aromatic carbocycles. The van der Waals surface area contributed by atoms with E-state index in [4.69, 9.17) is 4.74 Å². The van der Waals surface area contributed by atoms with Gasteiger partial charge in [-0.1, -0.05) is 0 Å². The Bertz CT molecular complexity index is 869. The average molecular weight is 340 g/mol. The molecule has 7 nitrogen and oxygen atoms in total. The SMILES string of the molecule is COC(=O)c1ccc(CNc2nccn(C3CC3)c2=O)nc1C1CC1. The van der Waals surface area contributed by atoms with E-state index in [1.165, 1.54) is 7.11 Å². The van der Waals surface area contributed by atoms with E-state index >= 15 is 0 Å². The van der Waals surface area contributed by atoms with Crippen molar-refractivity contribution in [1.29, 1.82) is 0 Å². The summed E-state index contributed by atoms with van der Waals surface area (Å²) in [4.78, 5) is 33.0. The zero-order valence-electron chi connectivity index (χ0n) is 14.1. The van der Waals surface area contributed by atoms with Gasteiger partial charge < -0.3 is 14.6 Å². The molecule has 0 amide bonds. The van der Waals surface area contributed by atoms with Crippen molar-refractivity contribution in [3.05, 3.63) is 51.8 Å². The van der Waals surface area contributed by atoms with Gasteiger partial charge in [0.15, 0.2) is 5.82 Å². The molecule has 2 aromatic rings. The Morgan fingerprint density at radius 3 is 2.80 bits per heavy atom. The van der Waals surface area contributed by atoms with Crippen LogP contribution in [0.4, 0.5) is 5.82 Å². The van der Waals surface area contributed by atoms with E-state index in [1.54, 1.807) is 29.1 Å². The number of anilines is 1. The fourth-order valence-electron chi connectivity index (χ4n) is 2.93. The van der Waals surface area contributed by atoms with E-state index in [2.05, 4.69) is 15.3 Å². The summed E-state index contributed by atoms with van der Waals surface area (Å²) in [5, 5.41) is 3.08. The second-order valence-corrected chi connectivity index (χ2v) is 6.57. The van der Waals surface area contributed by atoms with Crippen LogP contribution in [0.3, 0.4) is 0 Å². The van der Waals surface area contributed by atoms with E-state index in [9.17, 15) is 9.59 Å². The van der Waals surface area contributed by atoms with Crippen molar-refractivity contribution in [1.82, 2.24) is 14.5 Å². The molecule has 0 saturated heterocycles. The molecular formula is C18H20N4O3. The molecule has 1 N–H and O–H groups in total. The molecule has 2 aliphatic rings. The number of methoxy groups -OCH3 is 1. The monoisotopic (exact) mass is 340 g/mol. The Kier molecular flexibility index (Phi) is 3.99. The van der Waals surface area contributed by atoms with Crippen molar-refractivity contribution in [2.75, 3.05) is 12.4 Å². The number of esters is 1. The molecule has 0 radical (unpaired) electrons. The summed E-state index contributed by atoms with van der Waals surface area (Å²) in [7, 11) is 1.38. The third-order valence-corrected chi connectivity index (χ3v) is 4.60. The van der Waals surface area contributed by atoms with Crippen molar-refractivity contribution in [3.63, 3.8) is 0 Å². The van der Waals surface area contributed by atoms with Gasteiger partial charge in [0.25, 0.3) is 5.56 Å². The molecule has 0 spiro atoms. The van der Waals surface area contributed by atoms with Crippen LogP contribution in [0.2, 0.25) is 0 Å². The Balaban J connectivity index is 1.53. The largest absolute Gasteiger partial charge is 0.465 e. The van der Waals surface area contributed by atoms with Gasteiger partial charge in [-0.25, -0.2) is 9.78 Å². The van der Waals surface area contributed by atoms with Crippen LogP contribution in [0.5, 0.6) is 0 Å². The van der Waals surface area contributed by atoms with Crippen molar-refractivity contribution < 1.29 is 9.53 Å². The number of carbonyl (C=O) groups excluding carboxylic acids is 1. The summed E-state index contributed by atoms with van der Waals surface area (Å²) in [5.41, 5.74) is 2.00. The van der Waals surface area contributed by atoms with Crippen LogP contribution >= 0.6 is 0 Å². The van der Waals surface area contributed by atoms with Crippen molar-refractivity contribution in [2.24, 2.45) is 0 Å². The number of carbonyl (C=O) groups is 1. The number of pyridine rings is 1. The summed E-state index contributed by atoms with van der Waals surface area (Å²) >= 11 is 0. The zero-order valence-corrected chi connectivity index (χ0v) is 14.1. The molecule has 2 heterocycles. The number of hydrogen-bond donors (Lipinski definition) is 1. The Hall–Kier alpha value is -2.70. The second kappa shape index (κ2) is 6.31. The highest BCUT2D eigenvalue weighted by atomic mass is 16.5. The van der Waals surface area contributed by atoms with Gasteiger partial charge in [-0.05, 0) is 37.8 Å². The lowest BCUT2D eigenvalue weighted by molar-refractivity contribution is 0.0598. The smallest absolute Gasteiger partial charge is 0.339 e. The average Bonchev–Trinajstić information content (AvgIpc) is 3.52. The minimum absolute atomic E-state index is 0.0985. The van der Waals surface area contributed by atoms with Gasteiger partial charge >= 0.3 is 5.97 Å². The summed E-state index contributed by atoms with van der Waals surface area (Å²) in [5.74, 6) is 0.308. The van der Waals surface area contributed by atoms with Crippen LogP contribution in [-0.4, -0.2) is 27.6 Å².